The number of nitrogens with two attached hydrogens (primary N) is 2. The van der Waals surface area contributed by atoms with Crippen molar-refractivity contribution in [2.45, 2.75) is 63.7 Å². The van der Waals surface area contributed by atoms with Gasteiger partial charge in [-0.25, -0.2) is 9.78 Å². The number of phenolic OH excluding ortho intramolecular Hbond substituents is 1. The molecule has 4 amide bonds. The topological polar surface area (TPSA) is 243 Å². The minimum Gasteiger partial charge on any atom is -0.508 e. The molecule has 0 aliphatic rings. The third kappa shape index (κ3) is 9.74. The monoisotopic (exact) mass is 545 g/mol. The minimum absolute atomic E-state index is 0.00360. The number of amides is 4. The van der Waals surface area contributed by atoms with E-state index < -0.39 is 60.2 Å². The Balaban J connectivity index is 2.24. The summed E-state index contributed by atoms with van der Waals surface area (Å²) in [5, 5.41) is 26.4. The minimum atomic E-state index is -1.53. The number of carboxylic acids is 1. The number of rotatable bonds is 15. The van der Waals surface area contributed by atoms with Crippen LogP contribution in [-0.2, 0) is 36.8 Å². The van der Waals surface area contributed by atoms with Crippen molar-refractivity contribution >= 4 is 29.6 Å². The molecule has 5 unspecified atom stereocenters. The molecule has 14 heteroatoms. The highest BCUT2D eigenvalue weighted by molar-refractivity contribution is 5.96. The van der Waals surface area contributed by atoms with E-state index in [4.69, 9.17) is 11.5 Å². The average Bonchev–Trinajstić information content (AvgIpc) is 3.40. The first-order valence-electron chi connectivity index (χ1n) is 12.3. The van der Waals surface area contributed by atoms with E-state index in [-0.39, 0.29) is 24.5 Å². The molecule has 2 aromatic rings. The van der Waals surface area contributed by atoms with Crippen LogP contribution in [0.2, 0.25) is 0 Å². The Kier molecular flexibility index (Phi) is 11.4. The van der Waals surface area contributed by atoms with Gasteiger partial charge in [0.15, 0.2) is 0 Å². The van der Waals surface area contributed by atoms with E-state index in [9.17, 15) is 34.2 Å². The highest BCUT2D eigenvalue weighted by Crippen LogP contribution is 2.13. The summed E-state index contributed by atoms with van der Waals surface area (Å²) in [6, 6.07) is 0.868. The number of hydrogen-bond donors (Lipinski definition) is 8. The molecule has 1 aromatic heterocycles. The van der Waals surface area contributed by atoms with E-state index in [0.29, 0.717) is 17.7 Å². The van der Waals surface area contributed by atoms with Crippen molar-refractivity contribution in [1.82, 2.24) is 25.9 Å². The predicted molar refractivity (Wildman–Crippen MR) is 139 cm³/mol. The van der Waals surface area contributed by atoms with Crippen molar-refractivity contribution in [1.29, 1.82) is 0 Å². The molecule has 212 valence electrons. The number of benzene rings is 1. The van der Waals surface area contributed by atoms with Crippen LogP contribution in [0, 0.1) is 5.92 Å². The molecule has 0 bridgehead atoms. The number of phenols is 1. The van der Waals surface area contributed by atoms with Crippen LogP contribution in [0.1, 0.15) is 37.9 Å². The molecule has 1 heterocycles. The standard InChI is InChI=1S/C25H35N7O7/c1-3-13(2)21(27)24(37)31-17(8-14-4-6-16(33)7-5-14)22(35)30-18(10-20(26)34)23(36)32-19(25(38)39)9-15-11-28-12-29-15/h4-7,11-13,17-19,21,33H,3,8-10,27H2,1-2H3,(H2,26,34)(H,28,29)(H,30,35)(H,31,37)(H,32,36)(H,38,39). The second kappa shape index (κ2) is 14.5. The Labute approximate surface area is 224 Å². The first kappa shape index (κ1) is 30.8. The van der Waals surface area contributed by atoms with E-state index in [1.54, 1.807) is 19.1 Å². The Hall–Kier alpha value is -4.46. The number of nitrogens with zero attached hydrogens (tertiary/aromatic N) is 1. The molecule has 0 fully saturated rings. The number of primary amides is 1. The fourth-order valence-corrected chi connectivity index (χ4v) is 3.63. The molecule has 0 aliphatic heterocycles. The lowest BCUT2D eigenvalue weighted by molar-refractivity contribution is -0.142. The number of carbonyl (C=O) groups excluding carboxylic acids is 4. The molecule has 0 saturated heterocycles. The number of carbonyl (C=O) groups is 5. The summed E-state index contributed by atoms with van der Waals surface area (Å²) in [6.45, 7) is 3.65. The molecule has 10 N–H and O–H groups in total. The summed E-state index contributed by atoms with van der Waals surface area (Å²) < 4.78 is 0. The fourth-order valence-electron chi connectivity index (χ4n) is 3.63. The number of H-pyrrole nitrogens is 1. The molecule has 0 spiro atoms. The molecule has 0 aliphatic carbocycles. The van der Waals surface area contributed by atoms with Crippen molar-refractivity contribution in [2.75, 3.05) is 0 Å². The Bertz CT molecular complexity index is 1140. The number of nitrogens with one attached hydrogen (secondary N) is 4. The summed E-state index contributed by atoms with van der Waals surface area (Å²) in [7, 11) is 0. The van der Waals surface area contributed by atoms with E-state index >= 15 is 0 Å². The number of aromatic hydroxyl groups is 1. The number of imidazole rings is 1. The second-order valence-corrected chi connectivity index (χ2v) is 9.26. The van der Waals surface area contributed by atoms with Crippen LogP contribution >= 0.6 is 0 Å². The summed E-state index contributed by atoms with van der Waals surface area (Å²) in [5.41, 5.74) is 12.3. The maximum absolute atomic E-state index is 13.3. The second-order valence-electron chi connectivity index (χ2n) is 9.26. The normalized spacial score (nSPS) is 14.7. The van der Waals surface area contributed by atoms with Gasteiger partial charge < -0.3 is 42.6 Å². The van der Waals surface area contributed by atoms with Gasteiger partial charge in [-0.2, -0.15) is 0 Å². The van der Waals surface area contributed by atoms with Gasteiger partial charge in [0, 0.05) is 24.7 Å². The van der Waals surface area contributed by atoms with Crippen LogP contribution in [0.5, 0.6) is 5.75 Å². The third-order valence-corrected chi connectivity index (χ3v) is 6.20. The number of aliphatic carboxylic acids is 1. The van der Waals surface area contributed by atoms with Gasteiger partial charge in [0.05, 0.1) is 18.8 Å². The fraction of sp³-hybridized carbons (Fsp3) is 0.440. The van der Waals surface area contributed by atoms with Gasteiger partial charge in [-0.1, -0.05) is 32.4 Å². The third-order valence-electron chi connectivity index (χ3n) is 6.20. The maximum atomic E-state index is 13.3. The predicted octanol–water partition coefficient (Wildman–Crippen LogP) is -1.31. The van der Waals surface area contributed by atoms with Crippen LogP contribution in [0.3, 0.4) is 0 Å². The van der Waals surface area contributed by atoms with Crippen LogP contribution in [0.15, 0.2) is 36.8 Å². The van der Waals surface area contributed by atoms with Crippen LogP contribution in [-0.4, -0.2) is 73.9 Å². The van der Waals surface area contributed by atoms with Crippen molar-refractivity contribution in [3.63, 3.8) is 0 Å². The SMILES string of the molecule is CCC(C)C(N)C(=O)NC(Cc1ccc(O)cc1)C(=O)NC(CC(N)=O)C(=O)NC(Cc1cnc[nH]1)C(=O)O. The summed E-state index contributed by atoms with van der Waals surface area (Å²) in [5.74, 6) is -4.82. The van der Waals surface area contributed by atoms with Crippen molar-refractivity contribution in [2.24, 2.45) is 17.4 Å². The van der Waals surface area contributed by atoms with Gasteiger partial charge in [-0.15, -0.1) is 0 Å². The lowest BCUT2D eigenvalue weighted by atomic mass is 9.98. The zero-order valence-electron chi connectivity index (χ0n) is 21.7. The van der Waals surface area contributed by atoms with Gasteiger partial charge in [-0.3, -0.25) is 19.2 Å². The van der Waals surface area contributed by atoms with Crippen LogP contribution < -0.4 is 27.4 Å². The van der Waals surface area contributed by atoms with Gasteiger partial charge >= 0.3 is 5.97 Å². The van der Waals surface area contributed by atoms with E-state index in [1.807, 2.05) is 6.92 Å². The zero-order valence-corrected chi connectivity index (χ0v) is 21.7. The maximum Gasteiger partial charge on any atom is 0.326 e. The number of aromatic amines is 1. The van der Waals surface area contributed by atoms with Crippen LogP contribution in [0.4, 0.5) is 0 Å². The zero-order chi connectivity index (χ0) is 29.1. The van der Waals surface area contributed by atoms with Gasteiger partial charge in [0.25, 0.3) is 0 Å². The largest absolute Gasteiger partial charge is 0.508 e. The molecule has 1 aromatic carbocycles. The van der Waals surface area contributed by atoms with Crippen molar-refractivity contribution < 1.29 is 34.2 Å². The van der Waals surface area contributed by atoms with E-state index in [1.165, 1.54) is 24.7 Å². The highest BCUT2D eigenvalue weighted by atomic mass is 16.4. The molecule has 5 atom stereocenters. The lowest BCUT2D eigenvalue weighted by Crippen LogP contribution is -2.58. The van der Waals surface area contributed by atoms with Gasteiger partial charge in [-0.05, 0) is 23.6 Å². The van der Waals surface area contributed by atoms with Crippen molar-refractivity contribution in [3.8, 4) is 5.75 Å². The molecular weight excluding hydrogens is 510 g/mol. The molecule has 0 radical (unpaired) electrons. The molecule has 39 heavy (non-hydrogen) atoms. The molecule has 0 saturated carbocycles. The van der Waals surface area contributed by atoms with Crippen LogP contribution in [0.25, 0.3) is 0 Å². The Morgan fingerprint density at radius 2 is 1.54 bits per heavy atom. The number of aromatic nitrogens is 2. The summed E-state index contributed by atoms with van der Waals surface area (Å²) in [6.07, 6.45) is 2.57. The smallest absolute Gasteiger partial charge is 0.326 e. The summed E-state index contributed by atoms with van der Waals surface area (Å²) in [4.78, 5) is 69.0. The lowest BCUT2D eigenvalue weighted by Gasteiger charge is -2.26. The number of carboxylic acid groups (broad SMARTS) is 1. The Morgan fingerprint density at radius 3 is 2.08 bits per heavy atom. The van der Waals surface area contributed by atoms with Gasteiger partial charge in [0.1, 0.15) is 23.9 Å². The quantitative estimate of drug-likeness (QED) is 0.132. The first-order valence-corrected chi connectivity index (χ1v) is 12.3. The van der Waals surface area contributed by atoms with Crippen molar-refractivity contribution in [3.05, 3.63) is 48.0 Å². The Morgan fingerprint density at radius 1 is 0.949 bits per heavy atom. The molecule has 2 rings (SSSR count). The van der Waals surface area contributed by atoms with Gasteiger partial charge in [0.2, 0.25) is 23.6 Å². The molecule has 14 nitrogen and oxygen atoms in total. The summed E-state index contributed by atoms with van der Waals surface area (Å²) >= 11 is 0. The van der Waals surface area contributed by atoms with E-state index in [2.05, 4.69) is 25.9 Å². The first-order chi connectivity index (χ1) is 18.4. The van der Waals surface area contributed by atoms with E-state index in [0.717, 1.165) is 0 Å². The average molecular weight is 546 g/mol. The highest BCUT2D eigenvalue weighted by Gasteiger charge is 2.32. The number of hydrogen-bond acceptors (Lipinski definition) is 8. The molecular formula is C25H35N7O7.